The molecule has 0 bridgehead atoms. The zero-order chi connectivity index (χ0) is 31.9. The fraction of sp³-hybridized carbons (Fsp3) is 0.219. The number of H-pyrrole nitrogens is 2. The van der Waals surface area contributed by atoms with Crippen molar-refractivity contribution in [3.63, 3.8) is 0 Å². The lowest BCUT2D eigenvalue weighted by molar-refractivity contribution is -0.117. The van der Waals surface area contributed by atoms with Gasteiger partial charge in [-0.05, 0) is 52.9 Å². The molecule has 6 rings (SSSR count). The number of aromatic nitrogens is 6. The lowest BCUT2D eigenvalue weighted by atomic mass is 9.92. The molecule has 0 saturated heterocycles. The molecule has 230 valence electrons. The Morgan fingerprint density at radius 3 is 2.58 bits per heavy atom. The van der Waals surface area contributed by atoms with E-state index in [4.69, 9.17) is 4.98 Å². The van der Waals surface area contributed by atoms with Gasteiger partial charge < -0.3 is 10.3 Å². The number of pyridine rings is 2. The predicted molar refractivity (Wildman–Crippen MR) is 172 cm³/mol. The van der Waals surface area contributed by atoms with Gasteiger partial charge in [0.15, 0.2) is 11.5 Å². The van der Waals surface area contributed by atoms with E-state index in [0.29, 0.717) is 57.0 Å². The van der Waals surface area contributed by atoms with Crippen molar-refractivity contribution >= 4 is 43.7 Å². The molecule has 6 aromatic rings. The topological polar surface area (TPSA) is 158 Å². The van der Waals surface area contributed by atoms with Gasteiger partial charge in [0.25, 0.3) is 0 Å². The van der Waals surface area contributed by atoms with E-state index in [9.17, 15) is 17.6 Å². The van der Waals surface area contributed by atoms with Gasteiger partial charge in [-0.15, -0.1) is 0 Å². The molecule has 1 amide bonds. The van der Waals surface area contributed by atoms with Crippen molar-refractivity contribution in [2.45, 2.75) is 33.7 Å². The third kappa shape index (κ3) is 6.89. The molecule has 0 saturated carbocycles. The second-order valence-corrected chi connectivity index (χ2v) is 14.0. The summed E-state index contributed by atoms with van der Waals surface area (Å²) in [5.74, 6) is -0.0921. The van der Waals surface area contributed by atoms with Crippen LogP contribution in [0.3, 0.4) is 0 Å². The number of anilines is 1. The minimum atomic E-state index is -3.45. The summed E-state index contributed by atoms with van der Waals surface area (Å²) in [4.78, 5) is 29.5. The van der Waals surface area contributed by atoms with Crippen LogP contribution in [0.2, 0.25) is 0 Å². The quantitative estimate of drug-likeness (QED) is 0.166. The number of sulfonamides is 1. The highest BCUT2D eigenvalue weighted by molar-refractivity contribution is 7.88. The number of para-hydroxylation sites is 1. The minimum Gasteiger partial charge on any atom is -0.337 e. The average molecular weight is 627 g/mol. The molecule has 0 unspecified atom stereocenters. The van der Waals surface area contributed by atoms with E-state index in [1.54, 1.807) is 24.7 Å². The van der Waals surface area contributed by atoms with Gasteiger partial charge in [0, 0.05) is 42.0 Å². The number of amides is 1. The summed E-state index contributed by atoms with van der Waals surface area (Å²) in [5, 5.41) is 11.1. The van der Waals surface area contributed by atoms with Crippen molar-refractivity contribution < 1.29 is 17.6 Å². The molecule has 0 aliphatic heterocycles. The number of rotatable bonds is 8. The van der Waals surface area contributed by atoms with Crippen LogP contribution in [0, 0.1) is 11.2 Å². The van der Waals surface area contributed by atoms with E-state index in [1.807, 2.05) is 51.1 Å². The molecule has 0 atom stereocenters. The van der Waals surface area contributed by atoms with E-state index < -0.39 is 15.8 Å². The molecule has 13 heteroatoms. The van der Waals surface area contributed by atoms with Crippen molar-refractivity contribution in [3.05, 3.63) is 78.5 Å². The first kappa shape index (κ1) is 30.0. The highest BCUT2D eigenvalue weighted by Gasteiger charge is 2.19. The van der Waals surface area contributed by atoms with E-state index in [-0.39, 0.29) is 17.9 Å². The Labute approximate surface area is 258 Å². The number of nitrogens with zero attached hydrogens (tertiary/aromatic N) is 4. The van der Waals surface area contributed by atoms with Crippen LogP contribution < -0.4 is 10.0 Å². The smallest absolute Gasteiger partial charge is 0.224 e. The number of hydrogen-bond acceptors (Lipinski definition) is 7. The van der Waals surface area contributed by atoms with Crippen LogP contribution in [0.1, 0.15) is 32.8 Å². The summed E-state index contributed by atoms with van der Waals surface area (Å²) in [5.41, 5.74) is 6.11. The fourth-order valence-corrected chi connectivity index (χ4v) is 5.52. The molecular weight excluding hydrogens is 595 g/mol. The molecule has 0 radical (unpaired) electrons. The zero-order valence-corrected chi connectivity index (χ0v) is 25.9. The molecule has 0 fully saturated rings. The molecule has 0 aliphatic carbocycles. The third-order valence-electron chi connectivity index (χ3n) is 7.01. The van der Waals surface area contributed by atoms with Crippen LogP contribution in [-0.2, 0) is 21.4 Å². The monoisotopic (exact) mass is 626 g/mol. The molecule has 4 aromatic heterocycles. The van der Waals surface area contributed by atoms with Crippen LogP contribution in [0.15, 0.2) is 67.1 Å². The summed E-state index contributed by atoms with van der Waals surface area (Å²) in [7, 11) is -3.45. The number of aromatic amines is 2. The van der Waals surface area contributed by atoms with E-state index in [2.05, 4.69) is 35.2 Å². The van der Waals surface area contributed by atoms with Crippen LogP contribution >= 0.6 is 0 Å². The number of fused-ring (bicyclic) bond motifs is 2. The van der Waals surface area contributed by atoms with E-state index in [0.717, 1.165) is 22.8 Å². The van der Waals surface area contributed by atoms with Gasteiger partial charge in [0.2, 0.25) is 15.9 Å². The van der Waals surface area contributed by atoms with Gasteiger partial charge in [-0.25, -0.2) is 27.5 Å². The summed E-state index contributed by atoms with van der Waals surface area (Å²) in [6, 6.07) is 13.7. The SMILES string of the molecule is CC(C)(C)CC(=O)Nc1cncc(-c2cnc3[nH]nc(-c4nc5c(-c6cc(F)cc(CNS(C)(=O)=O)c6)cccc5[nH]4)c3c2)c1. The zero-order valence-electron chi connectivity index (χ0n) is 25.1. The largest absolute Gasteiger partial charge is 0.337 e. The molecule has 11 nitrogen and oxygen atoms in total. The van der Waals surface area contributed by atoms with Gasteiger partial charge in [-0.1, -0.05) is 32.9 Å². The van der Waals surface area contributed by atoms with Gasteiger partial charge in [-0.2, -0.15) is 5.10 Å². The standard InChI is InChI=1S/C32H31FN8O3S/c1-32(2,3)13-27(42)37-23-11-20(15-34-17-23)21-12-25-29(40-41-30(25)35-16-21)31-38-26-7-5-6-24(28(26)39-31)19-8-18(9-22(33)10-19)14-36-45(4,43)44/h5-12,15-17,36H,13-14H2,1-4H3,(H,37,42)(H,38,39)(H,35,40,41). The normalized spacial score (nSPS) is 12.2. The van der Waals surface area contributed by atoms with Crippen LogP contribution in [0.25, 0.3) is 55.8 Å². The molecule has 4 heterocycles. The number of carbonyl (C=O) groups is 1. The molecule has 4 N–H and O–H groups in total. The summed E-state index contributed by atoms with van der Waals surface area (Å²) < 4.78 is 40.2. The van der Waals surface area contributed by atoms with Gasteiger partial charge >= 0.3 is 0 Å². The Balaban J connectivity index is 1.34. The number of hydrogen-bond donors (Lipinski definition) is 4. The number of nitrogens with one attached hydrogen (secondary N) is 4. The second kappa shape index (κ2) is 11.5. The Bertz CT molecular complexity index is 2180. The maximum Gasteiger partial charge on any atom is 0.224 e. The van der Waals surface area contributed by atoms with Crippen LogP contribution in [-0.4, -0.2) is 50.7 Å². The number of imidazole rings is 1. The highest BCUT2D eigenvalue weighted by Crippen LogP contribution is 2.33. The van der Waals surface area contributed by atoms with Crippen LogP contribution in [0.5, 0.6) is 0 Å². The number of carbonyl (C=O) groups excluding carboxylic acids is 1. The first-order valence-corrected chi connectivity index (χ1v) is 16.0. The molecule has 45 heavy (non-hydrogen) atoms. The van der Waals surface area contributed by atoms with E-state index >= 15 is 0 Å². The Morgan fingerprint density at radius 2 is 1.80 bits per heavy atom. The first-order valence-electron chi connectivity index (χ1n) is 14.1. The molecular formula is C32H31FN8O3S. The Morgan fingerprint density at radius 1 is 1.00 bits per heavy atom. The summed E-state index contributed by atoms with van der Waals surface area (Å²) in [6.07, 6.45) is 6.45. The fourth-order valence-electron chi connectivity index (χ4n) is 5.09. The second-order valence-electron chi connectivity index (χ2n) is 12.2. The average Bonchev–Trinajstić information content (AvgIpc) is 3.58. The molecule has 0 spiro atoms. The Kier molecular flexibility index (Phi) is 7.67. The maximum absolute atomic E-state index is 14.6. The maximum atomic E-state index is 14.6. The third-order valence-corrected chi connectivity index (χ3v) is 7.68. The molecule has 2 aromatic carbocycles. The lowest BCUT2D eigenvalue weighted by Gasteiger charge is -2.17. The molecule has 0 aliphatic rings. The summed E-state index contributed by atoms with van der Waals surface area (Å²) in [6.45, 7) is 5.98. The summed E-state index contributed by atoms with van der Waals surface area (Å²) >= 11 is 0. The van der Waals surface area contributed by atoms with Gasteiger partial charge in [-0.3, -0.25) is 14.9 Å². The van der Waals surface area contributed by atoms with Crippen molar-refractivity contribution in [2.75, 3.05) is 11.6 Å². The number of halogens is 1. The van der Waals surface area contributed by atoms with E-state index in [1.165, 1.54) is 12.1 Å². The van der Waals surface area contributed by atoms with Gasteiger partial charge in [0.1, 0.15) is 11.5 Å². The first-order chi connectivity index (χ1) is 21.3. The lowest BCUT2D eigenvalue weighted by Crippen LogP contribution is -2.21. The van der Waals surface area contributed by atoms with Crippen molar-refractivity contribution in [1.29, 1.82) is 0 Å². The van der Waals surface area contributed by atoms with Crippen molar-refractivity contribution in [3.8, 4) is 33.8 Å². The van der Waals surface area contributed by atoms with Crippen LogP contribution in [0.4, 0.5) is 10.1 Å². The number of benzene rings is 2. The minimum absolute atomic E-state index is 0.0400. The van der Waals surface area contributed by atoms with Crippen molar-refractivity contribution in [1.82, 2.24) is 34.9 Å². The Hall–Kier alpha value is -5.01. The van der Waals surface area contributed by atoms with Gasteiger partial charge in [0.05, 0.1) is 34.6 Å². The van der Waals surface area contributed by atoms with Crippen molar-refractivity contribution in [2.24, 2.45) is 5.41 Å². The predicted octanol–water partition coefficient (Wildman–Crippen LogP) is 5.79. The highest BCUT2D eigenvalue weighted by atomic mass is 32.2.